The molecule has 4 nitrogen and oxygen atoms in total. The largest absolute Gasteiger partial charge is 0.479 e. The molecule has 21 heavy (non-hydrogen) atoms. The second kappa shape index (κ2) is 6.90. The first-order valence-electron chi connectivity index (χ1n) is 6.38. The molecule has 2 N–H and O–H groups in total. The van der Waals surface area contributed by atoms with Crippen molar-refractivity contribution < 1.29 is 14.7 Å². The average molecular weight is 304 g/mol. The van der Waals surface area contributed by atoms with Crippen molar-refractivity contribution in [2.75, 3.05) is 0 Å². The zero-order valence-corrected chi connectivity index (χ0v) is 11.9. The highest BCUT2D eigenvalue weighted by molar-refractivity contribution is 6.31. The van der Waals surface area contributed by atoms with Gasteiger partial charge in [-0.1, -0.05) is 60.1 Å². The number of nitrogens with one attached hydrogen (secondary N) is 1. The maximum atomic E-state index is 12.0. The van der Waals surface area contributed by atoms with Crippen LogP contribution in [-0.2, 0) is 16.0 Å². The van der Waals surface area contributed by atoms with Crippen molar-refractivity contribution in [3.05, 3.63) is 70.7 Å². The van der Waals surface area contributed by atoms with Crippen LogP contribution in [0.5, 0.6) is 0 Å². The van der Waals surface area contributed by atoms with Gasteiger partial charge in [-0.2, -0.15) is 0 Å². The van der Waals surface area contributed by atoms with Gasteiger partial charge in [0.1, 0.15) is 0 Å². The van der Waals surface area contributed by atoms with Crippen LogP contribution >= 0.6 is 11.6 Å². The van der Waals surface area contributed by atoms with Gasteiger partial charge in [0.2, 0.25) is 5.91 Å². The molecule has 0 spiro atoms. The summed E-state index contributed by atoms with van der Waals surface area (Å²) in [5, 5.41) is 12.1. The second-order valence-corrected chi connectivity index (χ2v) is 4.93. The van der Waals surface area contributed by atoms with Crippen LogP contribution in [0, 0.1) is 0 Å². The van der Waals surface area contributed by atoms with Crippen molar-refractivity contribution in [1.29, 1.82) is 0 Å². The molecule has 5 heteroatoms. The van der Waals surface area contributed by atoms with Gasteiger partial charge in [0, 0.05) is 10.6 Å². The molecule has 0 saturated heterocycles. The number of amides is 1. The second-order valence-electron chi connectivity index (χ2n) is 4.52. The number of rotatable bonds is 5. The van der Waals surface area contributed by atoms with Crippen molar-refractivity contribution in [2.24, 2.45) is 0 Å². The summed E-state index contributed by atoms with van der Waals surface area (Å²) in [7, 11) is 0. The molecular formula is C16H14ClNO3. The van der Waals surface area contributed by atoms with Gasteiger partial charge in [-0.05, 0) is 11.6 Å². The van der Waals surface area contributed by atoms with Gasteiger partial charge in [-0.15, -0.1) is 0 Å². The Kier molecular flexibility index (Phi) is 4.95. The standard InChI is InChI=1S/C16H14ClNO3/c17-13-9-5-4-8-12(13)15(16(20)21)18-14(19)10-11-6-2-1-3-7-11/h1-9,15H,10H2,(H,18,19)(H,20,21)/t15-/m0/s1. The molecule has 0 fully saturated rings. The summed E-state index contributed by atoms with van der Waals surface area (Å²) in [5.41, 5.74) is 1.19. The fourth-order valence-corrected chi connectivity index (χ4v) is 2.22. The van der Waals surface area contributed by atoms with Crippen LogP contribution in [0.15, 0.2) is 54.6 Å². The van der Waals surface area contributed by atoms with Crippen LogP contribution in [-0.4, -0.2) is 17.0 Å². The fraction of sp³-hybridized carbons (Fsp3) is 0.125. The van der Waals surface area contributed by atoms with Crippen LogP contribution in [0.1, 0.15) is 17.2 Å². The quantitative estimate of drug-likeness (QED) is 0.892. The van der Waals surface area contributed by atoms with Gasteiger partial charge >= 0.3 is 5.97 Å². The summed E-state index contributed by atoms with van der Waals surface area (Å²) in [6.07, 6.45) is 0.120. The van der Waals surface area contributed by atoms with E-state index in [0.717, 1.165) is 5.56 Å². The minimum absolute atomic E-state index is 0.120. The molecule has 0 heterocycles. The van der Waals surface area contributed by atoms with E-state index >= 15 is 0 Å². The highest BCUT2D eigenvalue weighted by Crippen LogP contribution is 2.23. The van der Waals surface area contributed by atoms with E-state index in [4.69, 9.17) is 11.6 Å². The minimum atomic E-state index is -1.16. The lowest BCUT2D eigenvalue weighted by atomic mass is 10.1. The highest BCUT2D eigenvalue weighted by Gasteiger charge is 2.23. The van der Waals surface area contributed by atoms with Crippen molar-refractivity contribution in [3.63, 3.8) is 0 Å². The van der Waals surface area contributed by atoms with Crippen LogP contribution in [0.3, 0.4) is 0 Å². The maximum absolute atomic E-state index is 12.0. The van der Waals surface area contributed by atoms with Gasteiger partial charge < -0.3 is 10.4 Å². The lowest BCUT2D eigenvalue weighted by Crippen LogP contribution is -2.34. The lowest BCUT2D eigenvalue weighted by molar-refractivity contribution is -0.141. The van der Waals surface area contributed by atoms with Crippen LogP contribution in [0.2, 0.25) is 5.02 Å². The molecule has 2 aromatic rings. The average Bonchev–Trinajstić information content (AvgIpc) is 2.46. The molecule has 0 radical (unpaired) electrons. The zero-order valence-electron chi connectivity index (χ0n) is 11.1. The van der Waals surface area contributed by atoms with Crippen LogP contribution < -0.4 is 5.32 Å². The Bertz CT molecular complexity index is 643. The van der Waals surface area contributed by atoms with Gasteiger partial charge in [0.25, 0.3) is 0 Å². The van der Waals surface area contributed by atoms with Gasteiger partial charge in [0.05, 0.1) is 6.42 Å². The van der Waals surface area contributed by atoms with Gasteiger partial charge in [-0.25, -0.2) is 4.79 Å². The Labute approximate surface area is 127 Å². The topological polar surface area (TPSA) is 66.4 Å². The predicted molar refractivity (Wildman–Crippen MR) is 80.1 cm³/mol. The molecule has 0 bridgehead atoms. The van der Waals surface area contributed by atoms with E-state index in [1.165, 1.54) is 0 Å². The summed E-state index contributed by atoms with van der Waals surface area (Å²) < 4.78 is 0. The highest BCUT2D eigenvalue weighted by atomic mass is 35.5. The Morgan fingerprint density at radius 3 is 2.29 bits per heavy atom. The van der Waals surface area contributed by atoms with Gasteiger partial charge in [0.15, 0.2) is 6.04 Å². The van der Waals surface area contributed by atoms with Crippen LogP contribution in [0.25, 0.3) is 0 Å². The molecule has 2 aromatic carbocycles. The predicted octanol–water partition coefficient (Wildman–Crippen LogP) is 2.82. The van der Waals surface area contributed by atoms with Crippen LogP contribution in [0.4, 0.5) is 0 Å². The summed E-state index contributed by atoms with van der Waals surface area (Å²) in [6, 6.07) is 14.5. The van der Waals surface area contributed by atoms with Crippen molar-refractivity contribution in [2.45, 2.75) is 12.5 Å². The summed E-state index contributed by atoms with van der Waals surface area (Å²) in [5.74, 6) is -1.52. The van der Waals surface area contributed by atoms with Gasteiger partial charge in [-0.3, -0.25) is 4.79 Å². The number of carbonyl (C=O) groups excluding carboxylic acids is 1. The molecule has 0 aliphatic heterocycles. The molecular weight excluding hydrogens is 290 g/mol. The van der Waals surface area contributed by atoms with E-state index in [-0.39, 0.29) is 12.3 Å². The molecule has 0 unspecified atom stereocenters. The third kappa shape index (κ3) is 4.07. The van der Waals surface area contributed by atoms with E-state index in [1.54, 1.807) is 24.3 Å². The number of aliphatic carboxylic acids is 1. The van der Waals surface area contributed by atoms with E-state index in [1.807, 2.05) is 30.3 Å². The van der Waals surface area contributed by atoms with Crippen molar-refractivity contribution in [3.8, 4) is 0 Å². The first-order chi connectivity index (χ1) is 10.1. The molecule has 2 rings (SSSR count). The Morgan fingerprint density at radius 1 is 1.05 bits per heavy atom. The first-order valence-corrected chi connectivity index (χ1v) is 6.76. The van der Waals surface area contributed by atoms with E-state index in [2.05, 4.69) is 5.32 Å². The lowest BCUT2D eigenvalue weighted by Gasteiger charge is -2.16. The Hall–Kier alpha value is -2.33. The number of carboxylic acids is 1. The number of carbonyl (C=O) groups is 2. The third-order valence-electron chi connectivity index (χ3n) is 2.98. The third-order valence-corrected chi connectivity index (χ3v) is 3.32. The van der Waals surface area contributed by atoms with Crippen molar-refractivity contribution >= 4 is 23.5 Å². The number of hydrogen-bond acceptors (Lipinski definition) is 2. The first kappa shape index (κ1) is 15.1. The fourth-order valence-electron chi connectivity index (χ4n) is 1.97. The normalized spacial score (nSPS) is 11.7. The zero-order chi connectivity index (χ0) is 15.2. The van der Waals surface area contributed by atoms with Crippen molar-refractivity contribution in [1.82, 2.24) is 5.32 Å². The summed E-state index contributed by atoms with van der Waals surface area (Å²) in [4.78, 5) is 23.4. The molecule has 1 atom stereocenters. The number of carboxylic acid groups (broad SMARTS) is 1. The Morgan fingerprint density at radius 2 is 1.67 bits per heavy atom. The SMILES string of the molecule is O=C(Cc1ccccc1)N[C@H](C(=O)O)c1ccccc1Cl. The Balaban J connectivity index is 2.12. The maximum Gasteiger partial charge on any atom is 0.330 e. The minimum Gasteiger partial charge on any atom is -0.479 e. The molecule has 108 valence electrons. The van der Waals surface area contributed by atoms with E-state index in [9.17, 15) is 14.7 Å². The van der Waals surface area contributed by atoms with E-state index < -0.39 is 12.0 Å². The smallest absolute Gasteiger partial charge is 0.330 e. The molecule has 0 aliphatic carbocycles. The molecule has 0 aliphatic rings. The summed E-state index contributed by atoms with van der Waals surface area (Å²) >= 11 is 5.99. The number of benzene rings is 2. The number of halogens is 1. The molecule has 0 saturated carbocycles. The monoisotopic (exact) mass is 303 g/mol. The molecule has 1 amide bonds. The number of hydrogen-bond donors (Lipinski definition) is 2. The van der Waals surface area contributed by atoms with E-state index in [0.29, 0.717) is 10.6 Å². The summed E-state index contributed by atoms with van der Waals surface area (Å²) in [6.45, 7) is 0. The molecule has 0 aromatic heterocycles.